The predicted molar refractivity (Wildman–Crippen MR) is 76.1 cm³/mol. The van der Waals surface area contributed by atoms with E-state index in [2.05, 4.69) is 35.8 Å². The van der Waals surface area contributed by atoms with Gasteiger partial charge < -0.3 is 4.90 Å². The molecule has 0 radical (unpaired) electrons. The predicted octanol–water partition coefficient (Wildman–Crippen LogP) is 1.06. The van der Waals surface area contributed by atoms with Gasteiger partial charge in [0, 0.05) is 33.0 Å². The molecule has 2 aliphatic heterocycles. The van der Waals surface area contributed by atoms with Crippen LogP contribution in [0.1, 0.15) is 26.2 Å². The summed E-state index contributed by atoms with van der Waals surface area (Å²) in [6, 6.07) is 0. The summed E-state index contributed by atoms with van der Waals surface area (Å²) >= 11 is 0. The third-order valence-electron chi connectivity index (χ3n) is 4.85. The van der Waals surface area contributed by atoms with E-state index in [-0.39, 0.29) is 0 Å². The molecule has 4 heteroatoms. The standard InChI is InChI=1S/C14H31N4/c1-4-15(2)8-5-10-17-11-7-13-18(14-17)12-6-9-16(18)3/h4-14H2,1-3H3/q+1. The lowest BCUT2D eigenvalue weighted by atomic mass is 10.2. The Morgan fingerprint density at radius 2 is 1.89 bits per heavy atom. The SMILES string of the molecule is CCN(C)CCCN1CCC[N+]2(CCCN2C)C1. The molecule has 0 aromatic rings. The highest BCUT2D eigenvalue weighted by Crippen LogP contribution is 2.24. The van der Waals surface area contributed by atoms with Gasteiger partial charge in [0.25, 0.3) is 0 Å². The Morgan fingerprint density at radius 3 is 2.56 bits per heavy atom. The lowest BCUT2D eigenvalue weighted by molar-refractivity contribution is -1.03. The minimum absolute atomic E-state index is 1.17. The Bertz CT molecular complexity index is 258. The van der Waals surface area contributed by atoms with E-state index in [0.29, 0.717) is 0 Å². The van der Waals surface area contributed by atoms with Crippen molar-refractivity contribution in [2.45, 2.75) is 26.2 Å². The molecule has 2 saturated heterocycles. The zero-order valence-electron chi connectivity index (χ0n) is 12.6. The van der Waals surface area contributed by atoms with Gasteiger partial charge in [-0.2, -0.15) is 5.01 Å². The van der Waals surface area contributed by atoms with Gasteiger partial charge in [0.05, 0.1) is 19.6 Å². The summed E-state index contributed by atoms with van der Waals surface area (Å²) in [4.78, 5) is 5.10. The summed E-state index contributed by atoms with van der Waals surface area (Å²) in [7, 11) is 4.53. The molecule has 106 valence electrons. The lowest BCUT2D eigenvalue weighted by Crippen LogP contribution is -2.63. The summed E-state index contributed by atoms with van der Waals surface area (Å²) in [6.07, 6.45) is 4.06. The second kappa shape index (κ2) is 6.33. The van der Waals surface area contributed by atoms with Crippen molar-refractivity contribution < 1.29 is 4.59 Å². The molecule has 1 spiro atoms. The van der Waals surface area contributed by atoms with Gasteiger partial charge in [-0.1, -0.05) is 6.92 Å². The Kier molecular flexibility index (Phi) is 5.01. The number of hydrogen-bond donors (Lipinski definition) is 0. The minimum atomic E-state index is 1.17. The minimum Gasteiger partial charge on any atom is -0.307 e. The summed E-state index contributed by atoms with van der Waals surface area (Å²) in [6.45, 7) is 12.5. The van der Waals surface area contributed by atoms with E-state index in [0.717, 1.165) is 0 Å². The summed E-state index contributed by atoms with van der Waals surface area (Å²) < 4.78 is 1.24. The number of nitrogens with zero attached hydrogens (tertiary/aromatic N) is 4. The molecule has 0 aromatic heterocycles. The first kappa shape index (κ1) is 14.3. The Labute approximate surface area is 113 Å². The van der Waals surface area contributed by atoms with Crippen LogP contribution < -0.4 is 0 Å². The molecule has 0 N–H and O–H groups in total. The van der Waals surface area contributed by atoms with Crippen molar-refractivity contribution in [1.29, 1.82) is 0 Å². The normalized spacial score (nSPS) is 30.7. The van der Waals surface area contributed by atoms with Crippen molar-refractivity contribution in [2.75, 3.05) is 66.6 Å². The highest BCUT2D eigenvalue weighted by atomic mass is 15.8. The van der Waals surface area contributed by atoms with E-state index in [1.54, 1.807) is 0 Å². The zero-order valence-corrected chi connectivity index (χ0v) is 12.6. The smallest absolute Gasteiger partial charge is 0.153 e. The Hall–Kier alpha value is -0.160. The molecule has 0 bridgehead atoms. The van der Waals surface area contributed by atoms with Crippen molar-refractivity contribution in [3.63, 3.8) is 0 Å². The highest BCUT2D eigenvalue weighted by Gasteiger charge is 2.41. The van der Waals surface area contributed by atoms with Crippen LogP contribution in [0.2, 0.25) is 0 Å². The van der Waals surface area contributed by atoms with Crippen LogP contribution in [0.25, 0.3) is 0 Å². The van der Waals surface area contributed by atoms with Gasteiger partial charge in [-0.3, -0.25) is 4.90 Å². The lowest BCUT2D eigenvalue weighted by Gasteiger charge is -2.45. The monoisotopic (exact) mass is 255 g/mol. The Morgan fingerprint density at radius 1 is 1.17 bits per heavy atom. The van der Waals surface area contributed by atoms with Crippen LogP contribution in [-0.2, 0) is 0 Å². The maximum Gasteiger partial charge on any atom is 0.153 e. The molecule has 2 rings (SSSR count). The van der Waals surface area contributed by atoms with Crippen molar-refractivity contribution in [2.24, 2.45) is 0 Å². The highest BCUT2D eigenvalue weighted by molar-refractivity contribution is 4.64. The third kappa shape index (κ3) is 3.23. The number of hydrogen-bond acceptors (Lipinski definition) is 3. The van der Waals surface area contributed by atoms with Gasteiger partial charge in [-0.15, -0.1) is 0 Å². The van der Waals surface area contributed by atoms with E-state index in [9.17, 15) is 0 Å². The van der Waals surface area contributed by atoms with Crippen LogP contribution >= 0.6 is 0 Å². The largest absolute Gasteiger partial charge is 0.307 e. The van der Waals surface area contributed by atoms with Crippen LogP contribution in [0.3, 0.4) is 0 Å². The topological polar surface area (TPSA) is 9.72 Å². The van der Waals surface area contributed by atoms with E-state index >= 15 is 0 Å². The van der Waals surface area contributed by atoms with E-state index in [4.69, 9.17) is 0 Å². The molecule has 18 heavy (non-hydrogen) atoms. The van der Waals surface area contributed by atoms with Gasteiger partial charge >= 0.3 is 0 Å². The van der Waals surface area contributed by atoms with Gasteiger partial charge in [-0.25, -0.2) is 4.59 Å². The van der Waals surface area contributed by atoms with Gasteiger partial charge in [0.15, 0.2) is 6.67 Å². The van der Waals surface area contributed by atoms with Gasteiger partial charge in [0.1, 0.15) is 0 Å². The molecule has 0 aliphatic carbocycles. The Balaban J connectivity index is 1.77. The van der Waals surface area contributed by atoms with Crippen molar-refractivity contribution in [3.05, 3.63) is 0 Å². The number of quaternary nitrogens is 1. The van der Waals surface area contributed by atoms with Crippen molar-refractivity contribution in [1.82, 2.24) is 14.8 Å². The first-order chi connectivity index (χ1) is 8.66. The van der Waals surface area contributed by atoms with Gasteiger partial charge in [-0.05, 0) is 26.6 Å². The molecular weight excluding hydrogens is 224 g/mol. The number of rotatable bonds is 5. The summed E-state index contributed by atoms with van der Waals surface area (Å²) in [5.74, 6) is 0. The van der Waals surface area contributed by atoms with Crippen molar-refractivity contribution >= 4 is 0 Å². The third-order valence-corrected chi connectivity index (χ3v) is 4.85. The van der Waals surface area contributed by atoms with Crippen LogP contribution in [0.15, 0.2) is 0 Å². The maximum absolute atomic E-state index is 2.69. The first-order valence-electron chi connectivity index (χ1n) is 7.65. The molecule has 0 aromatic carbocycles. The molecule has 2 heterocycles. The first-order valence-corrected chi connectivity index (χ1v) is 7.65. The van der Waals surface area contributed by atoms with E-state index in [1.807, 2.05) is 0 Å². The molecule has 2 fully saturated rings. The molecule has 1 atom stereocenters. The molecule has 1 unspecified atom stereocenters. The fourth-order valence-electron chi connectivity index (χ4n) is 3.45. The van der Waals surface area contributed by atoms with E-state index in [1.165, 1.54) is 76.3 Å². The maximum atomic E-state index is 2.69. The quantitative estimate of drug-likeness (QED) is 0.680. The summed E-state index contributed by atoms with van der Waals surface area (Å²) in [5, 5.41) is 2.57. The van der Waals surface area contributed by atoms with Crippen LogP contribution in [0, 0.1) is 0 Å². The molecule has 2 aliphatic rings. The molecule has 0 saturated carbocycles. The second-order valence-corrected chi connectivity index (χ2v) is 6.14. The molecule has 4 nitrogen and oxygen atoms in total. The fourth-order valence-corrected chi connectivity index (χ4v) is 3.45. The second-order valence-electron chi connectivity index (χ2n) is 6.14. The van der Waals surface area contributed by atoms with Crippen LogP contribution in [0.4, 0.5) is 0 Å². The molecule has 0 amide bonds. The zero-order chi connectivity index (χ0) is 13.0. The van der Waals surface area contributed by atoms with E-state index < -0.39 is 0 Å². The average Bonchev–Trinajstić information content (AvgIpc) is 2.70. The average molecular weight is 255 g/mol. The van der Waals surface area contributed by atoms with Crippen LogP contribution in [0.5, 0.6) is 0 Å². The van der Waals surface area contributed by atoms with Crippen molar-refractivity contribution in [3.8, 4) is 0 Å². The molecular formula is C14H31N4+. The summed E-state index contributed by atoms with van der Waals surface area (Å²) in [5.41, 5.74) is 0. The fraction of sp³-hybridized carbons (Fsp3) is 1.00. The van der Waals surface area contributed by atoms with Gasteiger partial charge in [0.2, 0.25) is 0 Å². The van der Waals surface area contributed by atoms with Crippen LogP contribution in [-0.4, -0.2) is 86.0 Å².